The minimum Gasteiger partial charge on any atom is -0.327 e. The Bertz CT molecular complexity index is 995. The van der Waals surface area contributed by atoms with Gasteiger partial charge in [0.15, 0.2) is 11.5 Å². The number of phosphoric acid groups is 1. The Morgan fingerprint density at radius 2 is 0.886 bits per heavy atom. The Kier molecular flexibility index (Phi) is 8.31. The molecule has 0 bridgehead atoms. The minimum absolute atomic E-state index is 0.0596. The first-order valence-electron chi connectivity index (χ1n) is 12.0. The predicted octanol–water partition coefficient (Wildman–Crippen LogP) is 8.30. The maximum atomic E-state index is 12.6. The molecule has 0 amide bonds. The van der Waals surface area contributed by atoms with Gasteiger partial charge in [0.25, 0.3) is 0 Å². The highest BCUT2D eigenvalue weighted by molar-refractivity contribution is 7.47. The summed E-state index contributed by atoms with van der Waals surface area (Å²) < 4.78 is 22.3. The Hall–Kier alpha value is -1.85. The highest BCUT2D eigenvalue weighted by atomic mass is 31.2. The standard InChI is InChI=1S/C28H43O6P/c1-25(2,3)19-13-15-23(21(17-19)27(7,8)9)31-33-35(29,30)34-32-24-16-14-20(26(4,5)6)18-22(24)28(10,11)12/h13-18H,1-12H3,(H,29,30). The fourth-order valence-electron chi connectivity index (χ4n) is 3.50. The second kappa shape index (κ2) is 9.89. The van der Waals surface area contributed by atoms with Gasteiger partial charge in [0, 0.05) is 11.1 Å². The molecule has 0 aliphatic rings. The molecule has 0 saturated heterocycles. The number of hydrogen-bond donors (Lipinski definition) is 1. The van der Waals surface area contributed by atoms with Crippen LogP contribution >= 0.6 is 7.82 Å². The fourth-order valence-corrected chi connectivity index (χ4v) is 3.87. The zero-order valence-corrected chi connectivity index (χ0v) is 24.3. The normalized spacial score (nSPS) is 13.6. The van der Waals surface area contributed by atoms with Gasteiger partial charge in [-0.3, -0.25) is 4.89 Å². The molecule has 0 radical (unpaired) electrons. The Balaban J connectivity index is 2.23. The van der Waals surface area contributed by atoms with Gasteiger partial charge in [0.05, 0.1) is 0 Å². The lowest BCUT2D eigenvalue weighted by Gasteiger charge is -2.27. The molecule has 0 saturated carbocycles. The van der Waals surface area contributed by atoms with Gasteiger partial charge < -0.3 is 9.78 Å². The van der Waals surface area contributed by atoms with E-state index >= 15 is 0 Å². The quantitative estimate of drug-likeness (QED) is 0.241. The molecule has 2 aromatic carbocycles. The zero-order chi connectivity index (χ0) is 27.0. The Morgan fingerprint density at radius 1 is 0.571 bits per heavy atom. The van der Waals surface area contributed by atoms with Gasteiger partial charge in [0.2, 0.25) is 0 Å². The first-order valence-corrected chi connectivity index (χ1v) is 13.5. The van der Waals surface area contributed by atoms with Crippen LogP contribution in [0.3, 0.4) is 0 Å². The van der Waals surface area contributed by atoms with E-state index in [4.69, 9.17) is 19.1 Å². The van der Waals surface area contributed by atoms with E-state index in [1.165, 1.54) is 0 Å². The van der Waals surface area contributed by atoms with Gasteiger partial charge in [0.1, 0.15) is 0 Å². The highest BCUT2D eigenvalue weighted by Gasteiger charge is 2.31. The van der Waals surface area contributed by atoms with E-state index in [1.807, 2.05) is 65.8 Å². The lowest BCUT2D eigenvalue weighted by Crippen LogP contribution is -2.18. The lowest BCUT2D eigenvalue weighted by molar-refractivity contribution is -0.188. The van der Waals surface area contributed by atoms with Gasteiger partial charge in [-0.2, -0.15) is 0 Å². The molecule has 35 heavy (non-hydrogen) atoms. The van der Waals surface area contributed by atoms with E-state index in [0.29, 0.717) is 11.5 Å². The maximum absolute atomic E-state index is 12.6. The van der Waals surface area contributed by atoms with Crippen molar-refractivity contribution in [2.45, 2.75) is 105 Å². The van der Waals surface area contributed by atoms with Gasteiger partial charge in [-0.25, -0.2) is 4.57 Å². The van der Waals surface area contributed by atoms with Crippen LogP contribution in [0.5, 0.6) is 11.5 Å². The summed E-state index contributed by atoms with van der Waals surface area (Å²) in [5.74, 6) is 0.682. The lowest BCUT2D eigenvalue weighted by atomic mass is 9.80. The first-order chi connectivity index (χ1) is 15.6. The first kappa shape index (κ1) is 29.4. The molecule has 0 heterocycles. The Labute approximate surface area is 211 Å². The van der Waals surface area contributed by atoms with Crippen LogP contribution in [0.1, 0.15) is 105 Å². The van der Waals surface area contributed by atoms with Crippen LogP contribution in [-0.2, 0) is 35.6 Å². The van der Waals surface area contributed by atoms with E-state index in [0.717, 1.165) is 22.3 Å². The third-order valence-electron chi connectivity index (χ3n) is 5.75. The van der Waals surface area contributed by atoms with Crippen molar-refractivity contribution < 1.29 is 28.6 Å². The molecule has 0 aliphatic heterocycles. The van der Waals surface area contributed by atoms with Crippen molar-refractivity contribution in [1.82, 2.24) is 0 Å². The number of hydrogen-bond acceptors (Lipinski definition) is 5. The van der Waals surface area contributed by atoms with Crippen LogP contribution in [0, 0.1) is 0 Å². The van der Waals surface area contributed by atoms with Gasteiger partial charge >= 0.3 is 7.82 Å². The molecule has 0 atom stereocenters. The summed E-state index contributed by atoms with van der Waals surface area (Å²) in [5.41, 5.74) is 3.24. The summed E-state index contributed by atoms with van der Waals surface area (Å²) in [6.45, 7) is 25.0. The van der Waals surface area contributed by atoms with Crippen molar-refractivity contribution >= 4 is 7.82 Å². The molecule has 0 spiro atoms. The summed E-state index contributed by atoms with van der Waals surface area (Å²) in [6.07, 6.45) is 0. The van der Waals surface area contributed by atoms with Crippen molar-refractivity contribution in [3.8, 4) is 11.5 Å². The summed E-state index contributed by atoms with van der Waals surface area (Å²) in [6, 6.07) is 11.4. The van der Waals surface area contributed by atoms with Crippen LogP contribution < -0.4 is 9.78 Å². The van der Waals surface area contributed by atoms with E-state index in [2.05, 4.69) is 41.5 Å². The second-order valence-corrected chi connectivity index (χ2v) is 14.4. The van der Waals surface area contributed by atoms with E-state index in [9.17, 15) is 9.46 Å². The molecule has 0 unspecified atom stereocenters. The average Bonchev–Trinajstić information content (AvgIpc) is 2.68. The van der Waals surface area contributed by atoms with Crippen LogP contribution in [0.15, 0.2) is 36.4 Å². The van der Waals surface area contributed by atoms with Crippen molar-refractivity contribution in [3.63, 3.8) is 0 Å². The maximum Gasteiger partial charge on any atom is 0.544 e. The van der Waals surface area contributed by atoms with E-state index < -0.39 is 7.82 Å². The minimum atomic E-state index is -4.70. The van der Waals surface area contributed by atoms with E-state index in [-0.39, 0.29) is 21.7 Å². The molecular formula is C28H43O6P. The molecule has 0 fully saturated rings. The number of rotatable bonds is 6. The average molecular weight is 507 g/mol. The van der Waals surface area contributed by atoms with Crippen molar-refractivity contribution in [2.24, 2.45) is 0 Å². The van der Waals surface area contributed by atoms with Crippen molar-refractivity contribution in [1.29, 1.82) is 0 Å². The second-order valence-electron chi connectivity index (χ2n) is 13.2. The van der Waals surface area contributed by atoms with Crippen molar-refractivity contribution in [3.05, 3.63) is 58.7 Å². The third kappa shape index (κ3) is 8.08. The molecule has 6 nitrogen and oxygen atoms in total. The van der Waals surface area contributed by atoms with Crippen molar-refractivity contribution in [2.75, 3.05) is 0 Å². The molecular weight excluding hydrogens is 463 g/mol. The fraction of sp³-hybridized carbons (Fsp3) is 0.571. The SMILES string of the molecule is CC(C)(C)c1ccc(OOP(=O)(O)OOc2ccc(C(C)(C)C)cc2C(C)(C)C)c(C(C)(C)C)c1. The number of benzene rings is 2. The van der Waals surface area contributed by atoms with Crippen LogP contribution in [0.2, 0.25) is 0 Å². The predicted molar refractivity (Wildman–Crippen MR) is 141 cm³/mol. The summed E-state index contributed by atoms with van der Waals surface area (Å²) >= 11 is 0. The largest absolute Gasteiger partial charge is 0.544 e. The van der Waals surface area contributed by atoms with Crippen LogP contribution in [0.4, 0.5) is 0 Å². The summed E-state index contributed by atoms with van der Waals surface area (Å²) in [7, 11) is -4.70. The highest BCUT2D eigenvalue weighted by Crippen LogP contribution is 2.46. The smallest absolute Gasteiger partial charge is 0.327 e. The Morgan fingerprint density at radius 3 is 1.14 bits per heavy atom. The van der Waals surface area contributed by atoms with Crippen LogP contribution in [0.25, 0.3) is 0 Å². The topological polar surface area (TPSA) is 74.2 Å². The van der Waals surface area contributed by atoms with Crippen LogP contribution in [-0.4, -0.2) is 4.89 Å². The molecule has 0 aromatic heterocycles. The van der Waals surface area contributed by atoms with E-state index in [1.54, 1.807) is 12.1 Å². The molecule has 196 valence electrons. The van der Waals surface area contributed by atoms with Gasteiger partial charge in [-0.05, 0) is 44.9 Å². The zero-order valence-electron chi connectivity index (χ0n) is 23.4. The van der Waals surface area contributed by atoms with Gasteiger partial charge in [-0.1, -0.05) is 117 Å². The third-order valence-corrected chi connectivity index (χ3v) is 6.28. The van der Waals surface area contributed by atoms with Gasteiger partial charge in [-0.15, -0.1) is 0 Å². The summed E-state index contributed by atoms with van der Waals surface area (Å²) in [5, 5.41) is 0. The summed E-state index contributed by atoms with van der Waals surface area (Å²) in [4.78, 5) is 20.9. The molecule has 2 aromatic rings. The molecule has 1 N–H and O–H groups in total. The molecule has 2 rings (SSSR count). The molecule has 0 aliphatic carbocycles. The molecule has 7 heteroatoms. The monoisotopic (exact) mass is 506 g/mol.